The Bertz CT molecular complexity index is 353. The number of nitrogens with two attached hydrogens (primary N) is 1. The van der Waals surface area contributed by atoms with Crippen LogP contribution in [0.15, 0.2) is 11.3 Å². The number of carbonyl (C=O) groups excluding carboxylic acids is 1. The van der Waals surface area contributed by atoms with Gasteiger partial charge < -0.3 is 25.8 Å². The van der Waals surface area contributed by atoms with Crippen LogP contribution < -0.4 is 5.73 Å². The molecule has 2 aliphatic rings. The molecule has 5 atom stereocenters. The van der Waals surface area contributed by atoms with Crippen LogP contribution in [-0.4, -0.2) is 45.6 Å². The molecular formula is C10H15NO5. The maximum Gasteiger partial charge on any atom is 0.338 e. The first-order valence-corrected chi connectivity index (χ1v) is 5.18. The molecule has 90 valence electrons. The fourth-order valence-electron chi connectivity index (χ4n) is 2.31. The minimum atomic E-state index is -1.14. The standard InChI is InChI=1S/C10H15NO5/c1-3-8(11)7-6(10(15)16-3)4(12)2-5(13)9(7)14/h3,5,7-9,12-14H,2,11H2,1H3/t3-,5-,7-,8+,9+/m1/s1. The van der Waals surface area contributed by atoms with Crippen LogP contribution in [0.5, 0.6) is 0 Å². The van der Waals surface area contributed by atoms with Crippen molar-refractivity contribution < 1.29 is 24.9 Å². The lowest BCUT2D eigenvalue weighted by Gasteiger charge is -2.41. The van der Waals surface area contributed by atoms with Gasteiger partial charge in [0.25, 0.3) is 0 Å². The summed E-state index contributed by atoms with van der Waals surface area (Å²) in [6.45, 7) is 1.62. The second-order valence-corrected chi connectivity index (χ2v) is 4.34. The second kappa shape index (κ2) is 3.73. The van der Waals surface area contributed by atoms with E-state index >= 15 is 0 Å². The normalized spacial score (nSPS) is 44.0. The average Bonchev–Trinajstić information content (AvgIpc) is 2.20. The van der Waals surface area contributed by atoms with Gasteiger partial charge in [0.15, 0.2) is 0 Å². The van der Waals surface area contributed by atoms with E-state index in [1.165, 1.54) is 0 Å². The van der Waals surface area contributed by atoms with Gasteiger partial charge in [-0.1, -0.05) is 0 Å². The van der Waals surface area contributed by atoms with E-state index in [1.54, 1.807) is 6.92 Å². The Morgan fingerprint density at radius 2 is 2.06 bits per heavy atom. The molecule has 1 heterocycles. The van der Waals surface area contributed by atoms with Crippen molar-refractivity contribution in [2.75, 3.05) is 0 Å². The molecule has 1 aliphatic carbocycles. The molecule has 0 aromatic rings. The van der Waals surface area contributed by atoms with Crippen molar-refractivity contribution in [2.24, 2.45) is 11.7 Å². The van der Waals surface area contributed by atoms with Crippen LogP contribution in [0.1, 0.15) is 13.3 Å². The molecule has 0 amide bonds. The van der Waals surface area contributed by atoms with E-state index in [0.29, 0.717) is 0 Å². The van der Waals surface area contributed by atoms with Crippen LogP contribution in [0, 0.1) is 5.92 Å². The van der Waals surface area contributed by atoms with Gasteiger partial charge in [-0.15, -0.1) is 0 Å². The van der Waals surface area contributed by atoms with Crippen molar-refractivity contribution in [2.45, 2.75) is 37.7 Å². The molecule has 2 rings (SSSR count). The lowest BCUT2D eigenvalue weighted by molar-refractivity contribution is -0.155. The largest absolute Gasteiger partial charge is 0.512 e. The number of aliphatic hydroxyl groups excluding tert-OH is 3. The Labute approximate surface area is 92.3 Å². The number of fused-ring (bicyclic) bond motifs is 1. The Morgan fingerprint density at radius 3 is 2.69 bits per heavy atom. The van der Waals surface area contributed by atoms with Crippen molar-refractivity contribution in [3.8, 4) is 0 Å². The molecule has 16 heavy (non-hydrogen) atoms. The molecule has 1 aliphatic heterocycles. The van der Waals surface area contributed by atoms with Crippen LogP contribution in [0.3, 0.4) is 0 Å². The molecule has 0 saturated carbocycles. The third-order valence-corrected chi connectivity index (χ3v) is 3.28. The second-order valence-electron chi connectivity index (χ2n) is 4.34. The van der Waals surface area contributed by atoms with Crippen molar-refractivity contribution in [1.29, 1.82) is 0 Å². The van der Waals surface area contributed by atoms with Crippen molar-refractivity contribution in [3.63, 3.8) is 0 Å². The van der Waals surface area contributed by atoms with Gasteiger partial charge in [0.2, 0.25) is 0 Å². The number of aliphatic hydroxyl groups is 3. The molecule has 0 aromatic heterocycles. The smallest absolute Gasteiger partial charge is 0.338 e. The van der Waals surface area contributed by atoms with Gasteiger partial charge in [0.05, 0.1) is 23.8 Å². The fourth-order valence-corrected chi connectivity index (χ4v) is 2.31. The molecule has 5 N–H and O–H groups in total. The number of ether oxygens (including phenoxy) is 1. The van der Waals surface area contributed by atoms with E-state index in [2.05, 4.69) is 0 Å². The summed E-state index contributed by atoms with van der Waals surface area (Å²) in [6.07, 6.45) is -2.94. The number of esters is 1. The maximum atomic E-state index is 11.6. The summed E-state index contributed by atoms with van der Waals surface area (Å²) in [5, 5.41) is 29.0. The van der Waals surface area contributed by atoms with Gasteiger partial charge in [0, 0.05) is 12.3 Å². The minimum Gasteiger partial charge on any atom is -0.512 e. The van der Waals surface area contributed by atoms with Crippen molar-refractivity contribution in [3.05, 3.63) is 11.3 Å². The number of hydrogen-bond acceptors (Lipinski definition) is 6. The number of carbonyl (C=O) groups is 1. The number of rotatable bonds is 0. The van der Waals surface area contributed by atoms with Crippen LogP contribution in [0.2, 0.25) is 0 Å². The summed E-state index contributed by atoms with van der Waals surface area (Å²) in [5.41, 5.74) is 5.82. The molecule has 0 spiro atoms. The van der Waals surface area contributed by atoms with Crippen LogP contribution >= 0.6 is 0 Å². The molecule has 6 nitrogen and oxygen atoms in total. The van der Waals surface area contributed by atoms with Crippen molar-refractivity contribution in [1.82, 2.24) is 0 Å². The highest BCUT2D eigenvalue weighted by Crippen LogP contribution is 2.36. The highest BCUT2D eigenvalue weighted by molar-refractivity contribution is 5.91. The summed E-state index contributed by atoms with van der Waals surface area (Å²) in [4.78, 5) is 11.6. The predicted molar refractivity (Wildman–Crippen MR) is 53.3 cm³/mol. The summed E-state index contributed by atoms with van der Waals surface area (Å²) in [5.74, 6) is -1.67. The predicted octanol–water partition coefficient (Wildman–Crippen LogP) is -1.19. The highest BCUT2D eigenvalue weighted by atomic mass is 16.5. The zero-order chi connectivity index (χ0) is 12.0. The molecule has 1 saturated heterocycles. The maximum absolute atomic E-state index is 11.6. The zero-order valence-corrected chi connectivity index (χ0v) is 8.83. The molecule has 0 unspecified atom stereocenters. The first-order chi connectivity index (χ1) is 7.43. The molecule has 1 fully saturated rings. The van der Waals surface area contributed by atoms with E-state index in [1.807, 2.05) is 0 Å². The van der Waals surface area contributed by atoms with Crippen LogP contribution in [0.25, 0.3) is 0 Å². The quantitative estimate of drug-likeness (QED) is 0.389. The lowest BCUT2D eigenvalue weighted by atomic mass is 9.75. The third kappa shape index (κ3) is 1.50. The van der Waals surface area contributed by atoms with E-state index in [0.717, 1.165) is 0 Å². The Hall–Kier alpha value is -1.11. The van der Waals surface area contributed by atoms with E-state index in [4.69, 9.17) is 10.5 Å². The molecule has 6 heteroatoms. The summed E-state index contributed by atoms with van der Waals surface area (Å²) in [6, 6.07) is -0.625. The SMILES string of the molecule is C[C@H]1OC(=O)C2=C(O)C[C@@H](O)[C@H](O)[C@H]2[C@H]1N. The summed E-state index contributed by atoms with van der Waals surface area (Å²) < 4.78 is 4.95. The van der Waals surface area contributed by atoms with Gasteiger partial charge in [-0.3, -0.25) is 0 Å². The number of hydrogen-bond donors (Lipinski definition) is 4. The monoisotopic (exact) mass is 229 g/mol. The first-order valence-electron chi connectivity index (χ1n) is 5.18. The molecular weight excluding hydrogens is 214 g/mol. The Morgan fingerprint density at radius 1 is 1.44 bits per heavy atom. The van der Waals surface area contributed by atoms with Crippen LogP contribution in [0.4, 0.5) is 0 Å². The highest BCUT2D eigenvalue weighted by Gasteiger charge is 2.48. The van der Waals surface area contributed by atoms with E-state index in [-0.39, 0.29) is 17.8 Å². The Kier molecular flexibility index (Phi) is 2.65. The van der Waals surface area contributed by atoms with Gasteiger partial charge in [0.1, 0.15) is 11.9 Å². The minimum absolute atomic E-state index is 0.00315. The van der Waals surface area contributed by atoms with Gasteiger partial charge in [-0.2, -0.15) is 0 Å². The van der Waals surface area contributed by atoms with Gasteiger partial charge in [-0.05, 0) is 6.92 Å². The average molecular weight is 229 g/mol. The molecule has 0 bridgehead atoms. The Balaban J connectivity index is 2.44. The van der Waals surface area contributed by atoms with Crippen LogP contribution in [-0.2, 0) is 9.53 Å². The van der Waals surface area contributed by atoms with Crippen molar-refractivity contribution >= 4 is 5.97 Å². The topological polar surface area (TPSA) is 113 Å². The first kappa shape index (κ1) is 11.4. The fraction of sp³-hybridized carbons (Fsp3) is 0.700. The molecule has 0 radical (unpaired) electrons. The number of cyclic esters (lactones) is 1. The van der Waals surface area contributed by atoms with E-state index in [9.17, 15) is 20.1 Å². The molecule has 0 aromatic carbocycles. The van der Waals surface area contributed by atoms with Gasteiger partial charge in [-0.25, -0.2) is 4.79 Å². The summed E-state index contributed by atoms with van der Waals surface area (Å²) in [7, 11) is 0. The zero-order valence-electron chi connectivity index (χ0n) is 8.83. The van der Waals surface area contributed by atoms with Gasteiger partial charge >= 0.3 is 5.97 Å². The third-order valence-electron chi connectivity index (χ3n) is 3.28. The van der Waals surface area contributed by atoms with E-state index < -0.39 is 36.2 Å². The summed E-state index contributed by atoms with van der Waals surface area (Å²) >= 11 is 0. The lowest BCUT2D eigenvalue weighted by Crippen LogP contribution is -2.57.